The Morgan fingerprint density at radius 2 is 1.03 bits per heavy atom. The van der Waals surface area contributed by atoms with Gasteiger partial charge in [-0.3, -0.25) is 9.73 Å². The molecule has 38 heavy (non-hydrogen) atoms. The third-order valence-electron chi connectivity index (χ3n) is 6.74. The average molecular weight is 527 g/mol. The van der Waals surface area contributed by atoms with Gasteiger partial charge in [0.05, 0.1) is 11.2 Å². The summed E-state index contributed by atoms with van der Waals surface area (Å²) in [7, 11) is -2.99. The predicted molar refractivity (Wildman–Crippen MR) is 167 cm³/mol. The molecule has 0 saturated heterocycles. The lowest BCUT2D eigenvalue weighted by molar-refractivity contribution is 1.40. The van der Waals surface area contributed by atoms with Crippen molar-refractivity contribution >= 4 is 52.8 Å². The molecule has 0 bridgehead atoms. The number of aromatic nitrogens is 1. The molecule has 0 aliphatic heterocycles. The van der Waals surface area contributed by atoms with Gasteiger partial charge in [-0.15, -0.1) is 0 Å². The van der Waals surface area contributed by atoms with E-state index in [0.29, 0.717) is 0 Å². The van der Waals surface area contributed by atoms with Crippen molar-refractivity contribution in [2.45, 2.75) is 0 Å². The highest BCUT2D eigenvalue weighted by atomic mass is 31.2. The van der Waals surface area contributed by atoms with Crippen LogP contribution in [0.5, 0.6) is 0 Å². The van der Waals surface area contributed by atoms with Gasteiger partial charge < -0.3 is 0 Å². The summed E-state index contributed by atoms with van der Waals surface area (Å²) in [4.78, 5) is 4.78. The first kappa shape index (κ1) is 24.5. The summed E-state index contributed by atoms with van der Waals surface area (Å²) < 4.78 is 5.81. The fraction of sp³-hybridized carbons (Fsp3) is 0.0294. The van der Waals surface area contributed by atoms with Gasteiger partial charge in [0.15, 0.2) is 0 Å². The Balaban J connectivity index is 1.68. The van der Waals surface area contributed by atoms with Crippen molar-refractivity contribution in [2.75, 3.05) is 5.90 Å². The third-order valence-corrected chi connectivity index (χ3v) is 14.2. The molecular weight excluding hydrogens is 498 g/mol. The first-order chi connectivity index (χ1) is 18.8. The summed E-state index contributed by atoms with van der Waals surface area (Å²) in [5, 5.41) is 6.44. The zero-order valence-corrected chi connectivity index (χ0v) is 22.8. The topological polar surface area (TPSA) is 25.2 Å². The quantitative estimate of drug-likeness (QED) is 0.195. The van der Waals surface area contributed by atoms with E-state index < -0.39 is 15.0 Å². The molecule has 0 spiro atoms. The average Bonchev–Trinajstić information content (AvgIpc) is 3.01. The fourth-order valence-corrected chi connectivity index (χ4v) is 13.1. The number of benzene rings is 5. The van der Waals surface area contributed by atoms with Gasteiger partial charge in [-0.1, -0.05) is 140 Å². The molecule has 6 rings (SSSR count). The Hall–Kier alpha value is -3.83. The maximum atomic E-state index is 5.81. The first-order valence-corrected chi connectivity index (χ1v) is 16.2. The van der Waals surface area contributed by atoms with E-state index >= 15 is 0 Å². The number of hydrogen-bond acceptors (Lipinski definition) is 2. The van der Waals surface area contributed by atoms with Gasteiger partial charge in [0.1, 0.15) is 0 Å². The van der Waals surface area contributed by atoms with Crippen LogP contribution in [0, 0.1) is 0 Å². The molecule has 0 radical (unpaired) electrons. The highest BCUT2D eigenvalue weighted by Crippen LogP contribution is 2.59. The van der Waals surface area contributed by atoms with Gasteiger partial charge in [-0.25, -0.2) is 0 Å². The fourth-order valence-electron chi connectivity index (χ4n) is 4.89. The van der Waals surface area contributed by atoms with Gasteiger partial charge in [0, 0.05) is 24.5 Å². The monoisotopic (exact) mass is 526 g/mol. The molecule has 1 aromatic heterocycles. The lowest BCUT2D eigenvalue weighted by Crippen LogP contribution is -2.23. The summed E-state index contributed by atoms with van der Waals surface area (Å²) in [6.07, 6.45) is 1.87. The van der Waals surface area contributed by atoms with Crippen LogP contribution in [0.1, 0.15) is 0 Å². The summed E-state index contributed by atoms with van der Waals surface area (Å²) in [6, 6.07) is 54.3. The summed E-state index contributed by atoms with van der Waals surface area (Å²) >= 11 is 0. The van der Waals surface area contributed by atoms with Crippen molar-refractivity contribution in [2.24, 2.45) is 4.74 Å². The Labute approximate surface area is 225 Å². The summed E-state index contributed by atoms with van der Waals surface area (Å²) in [5.74, 6) is 0.938. The van der Waals surface area contributed by atoms with E-state index in [1.54, 1.807) is 0 Å². The van der Waals surface area contributed by atoms with Crippen molar-refractivity contribution in [3.8, 4) is 0 Å². The molecule has 0 unspecified atom stereocenters. The highest BCUT2D eigenvalue weighted by Gasteiger charge is 2.30. The van der Waals surface area contributed by atoms with Crippen LogP contribution in [0.15, 0.2) is 163 Å². The van der Waals surface area contributed by atoms with Crippen molar-refractivity contribution in [3.63, 3.8) is 0 Å². The van der Waals surface area contributed by atoms with Crippen molar-refractivity contribution < 1.29 is 0 Å². The molecule has 2 nitrogen and oxygen atoms in total. The summed E-state index contributed by atoms with van der Waals surface area (Å²) in [6.45, 7) is 0. The van der Waals surface area contributed by atoms with E-state index in [4.69, 9.17) is 9.73 Å². The minimum absolute atomic E-state index is 0.690. The van der Waals surface area contributed by atoms with Gasteiger partial charge in [0.2, 0.25) is 0 Å². The van der Waals surface area contributed by atoms with Crippen LogP contribution >= 0.6 is 15.0 Å². The van der Waals surface area contributed by atoms with E-state index in [1.165, 1.54) is 21.2 Å². The van der Waals surface area contributed by atoms with Crippen molar-refractivity contribution in [1.82, 2.24) is 4.98 Å². The predicted octanol–water partition coefficient (Wildman–Crippen LogP) is 7.81. The van der Waals surface area contributed by atoms with Gasteiger partial charge in [0.25, 0.3) is 0 Å². The molecule has 0 aliphatic carbocycles. The van der Waals surface area contributed by atoms with E-state index in [1.807, 2.05) is 12.3 Å². The Kier molecular flexibility index (Phi) is 7.27. The molecule has 0 saturated carbocycles. The smallest absolute Gasteiger partial charge is 0.0957 e. The minimum atomic E-state index is -2.30. The zero-order valence-electron chi connectivity index (χ0n) is 21.0. The van der Waals surface area contributed by atoms with Crippen LogP contribution in [0.4, 0.5) is 5.69 Å². The van der Waals surface area contributed by atoms with Crippen LogP contribution in [-0.2, 0) is 0 Å². The number of rotatable bonds is 7. The first-order valence-electron chi connectivity index (χ1n) is 12.8. The lowest BCUT2D eigenvalue weighted by atomic mass is 10.2. The lowest BCUT2D eigenvalue weighted by Gasteiger charge is -2.31. The molecule has 0 fully saturated rings. The molecule has 0 atom stereocenters. The molecule has 1 heterocycles. The Morgan fingerprint density at radius 1 is 0.526 bits per heavy atom. The van der Waals surface area contributed by atoms with Gasteiger partial charge >= 0.3 is 0 Å². The van der Waals surface area contributed by atoms with E-state index in [9.17, 15) is 0 Å². The summed E-state index contributed by atoms with van der Waals surface area (Å²) in [5.41, 5.74) is 1.91. The Morgan fingerprint density at radius 3 is 1.58 bits per heavy atom. The molecule has 4 heteroatoms. The highest BCUT2D eigenvalue weighted by molar-refractivity contribution is 7.92. The molecule has 184 valence electrons. The van der Waals surface area contributed by atoms with Crippen molar-refractivity contribution in [1.29, 1.82) is 0 Å². The maximum absolute atomic E-state index is 5.81. The number of hydrogen-bond donors (Lipinski definition) is 0. The second-order valence-corrected chi connectivity index (χ2v) is 14.9. The Bertz CT molecular complexity index is 1600. The van der Waals surface area contributed by atoms with E-state index in [2.05, 4.69) is 146 Å². The third kappa shape index (κ3) is 4.99. The number of nitrogens with zero attached hydrogens (tertiary/aromatic N) is 2. The van der Waals surface area contributed by atoms with E-state index in [-0.39, 0.29) is 0 Å². The number of para-hydroxylation sites is 1. The SMILES string of the molecule is c1ccc(P(CP(=Nc2cccc3cccnc23)(c2ccccc2)c2ccccc2)c2ccccc2)cc1. The van der Waals surface area contributed by atoms with Crippen LogP contribution in [-0.4, -0.2) is 10.9 Å². The molecule has 6 aromatic rings. The van der Waals surface area contributed by atoms with Crippen LogP contribution in [0.25, 0.3) is 10.9 Å². The zero-order chi connectivity index (χ0) is 25.6. The largest absolute Gasteiger partial charge is 0.256 e. The van der Waals surface area contributed by atoms with Crippen LogP contribution < -0.4 is 21.2 Å². The second kappa shape index (κ2) is 11.3. The normalized spacial score (nSPS) is 11.5. The van der Waals surface area contributed by atoms with Crippen LogP contribution in [0.2, 0.25) is 0 Å². The van der Waals surface area contributed by atoms with Crippen molar-refractivity contribution in [3.05, 3.63) is 158 Å². The van der Waals surface area contributed by atoms with Gasteiger partial charge in [-0.2, -0.15) is 0 Å². The standard InChI is InChI=1S/C34H28N2P2/c1-5-17-29(18-6-1)37(30-19-7-2-8-20-30)27-38(31-21-9-3-10-22-31,32-23-11-4-12-24-32)36-33-25-13-15-28-16-14-26-35-34(28)33/h1-26H,27H2. The maximum Gasteiger partial charge on any atom is 0.0957 e. The molecule has 0 N–H and O–H groups in total. The molecule has 0 amide bonds. The molecular formula is C34H28N2P2. The second-order valence-electron chi connectivity index (χ2n) is 9.13. The molecule has 0 aliphatic rings. The minimum Gasteiger partial charge on any atom is -0.256 e. The number of pyridine rings is 1. The number of fused-ring (bicyclic) bond motifs is 1. The molecule has 5 aromatic carbocycles. The van der Waals surface area contributed by atoms with Gasteiger partial charge in [-0.05, 0) is 41.3 Å². The van der Waals surface area contributed by atoms with Crippen LogP contribution in [0.3, 0.4) is 0 Å². The van der Waals surface area contributed by atoms with E-state index in [0.717, 1.165) is 22.5 Å².